The zero-order chi connectivity index (χ0) is 17.8. The monoisotopic (exact) mass is 338 g/mol. The molecule has 1 N–H and O–H groups in total. The third-order valence-corrected chi connectivity index (χ3v) is 3.96. The van der Waals surface area contributed by atoms with Gasteiger partial charge in [0, 0.05) is 36.0 Å². The number of anilines is 2. The van der Waals surface area contributed by atoms with E-state index in [2.05, 4.69) is 5.32 Å². The number of carbonyl (C=O) groups is 2. The molecule has 0 unspecified atom stereocenters. The van der Waals surface area contributed by atoms with Crippen molar-refractivity contribution in [1.82, 2.24) is 0 Å². The Labute approximate surface area is 147 Å². The lowest BCUT2D eigenvalue weighted by molar-refractivity contribution is -0.117. The number of hydrogen-bond donors (Lipinski definition) is 1. The molecule has 25 heavy (non-hydrogen) atoms. The van der Waals surface area contributed by atoms with Crippen molar-refractivity contribution in [2.45, 2.75) is 32.8 Å². The minimum atomic E-state index is -0.213. The average Bonchev–Trinajstić information content (AvgIpc) is 3.01. The van der Waals surface area contributed by atoms with E-state index >= 15 is 0 Å². The number of amides is 2. The van der Waals surface area contributed by atoms with E-state index in [0.29, 0.717) is 30.0 Å². The highest BCUT2D eigenvalue weighted by Crippen LogP contribution is 2.23. The van der Waals surface area contributed by atoms with Gasteiger partial charge in [-0.1, -0.05) is 12.1 Å². The van der Waals surface area contributed by atoms with Crippen LogP contribution in [-0.2, 0) is 4.79 Å². The Bertz CT molecular complexity index is 786. The fourth-order valence-electron chi connectivity index (χ4n) is 2.86. The van der Waals surface area contributed by atoms with Gasteiger partial charge in [-0.15, -0.1) is 0 Å². The Kier molecular flexibility index (Phi) is 5.03. The van der Waals surface area contributed by atoms with Crippen LogP contribution in [0.3, 0.4) is 0 Å². The number of carbonyl (C=O) groups excluding carboxylic acids is 2. The topological polar surface area (TPSA) is 58.6 Å². The van der Waals surface area contributed by atoms with E-state index < -0.39 is 0 Å². The molecule has 0 bridgehead atoms. The van der Waals surface area contributed by atoms with Crippen LogP contribution in [0.5, 0.6) is 5.75 Å². The number of rotatable bonds is 5. The summed E-state index contributed by atoms with van der Waals surface area (Å²) in [6, 6.07) is 14.5. The maximum absolute atomic E-state index is 12.5. The molecule has 0 aliphatic carbocycles. The van der Waals surface area contributed by atoms with E-state index in [0.717, 1.165) is 12.1 Å². The second-order valence-electron chi connectivity index (χ2n) is 6.35. The summed E-state index contributed by atoms with van der Waals surface area (Å²) in [6.45, 7) is 4.62. The Morgan fingerprint density at radius 2 is 1.96 bits per heavy atom. The SMILES string of the molecule is CC(C)Oc1cccc(NC(=O)c2cccc(N3CCCC3=O)c2)c1. The van der Waals surface area contributed by atoms with Gasteiger partial charge in [0.25, 0.3) is 5.91 Å². The molecule has 0 atom stereocenters. The molecule has 3 rings (SSSR count). The van der Waals surface area contributed by atoms with Crippen molar-refractivity contribution in [3.8, 4) is 5.75 Å². The Morgan fingerprint density at radius 3 is 2.68 bits per heavy atom. The van der Waals surface area contributed by atoms with Crippen LogP contribution < -0.4 is 15.0 Å². The molecule has 1 aliphatic heterocycles. The second kappa shape index (κ2) is 7.38. The maximum Gasteiger partial charge on any atom is 0.255 e. The summed E-state index contributed by atoms with van der Waals surface area (Å²) in [5.41, 5.74) is 1.96. The van der Waals surface area contributed by atoms with Gasteiger partial charge in [-0.05, 0) is 50.6 Å². The highest BCUT2D eigenvalue weighted by molar-refractivity contribution is 6.05. The summed E-state index contributed by atoms with van der Waals surface area (Å²) in [5, 5.41) is 2.88. The smallest absolute Gasteiger partial charge is 0.255 e. The zero-order valence-electron chi connectivity index (χ0n) is 14.5. The Balaban J connectivity index is 1.74. The lowest BCUT2D eigenvalue weighted by Crippen LogP contribution is -2.24. The normalized spacial score (nSPS) is 14.0. The van der Waals surface area contributed by atoms with Crippen LogP contribution in [0.15, 0.2) is 48.5 Å². The highest BCUT2D eigenvalue weighted by atomic mass is 16.5. The van der Waals surface area contributed by atoms with E-state index in [-0.39, 0.29) is 17.9 Å². The zero-order valence-corrected chi connectivity index (χ0v) is 14.5. The summed E-state index contributed by atoms with van der Waals surface area (Å²) >= 11 is 0. The molecule has 2 aromatic rings. The van der Waals surface area contributed by atoms with Gasteiger partial charge in [0.05, 0.1) is 6.10 Å². The molecule has 1 saturated heterocycles. The fourth-order valence-corrected chi connectivity index (χ4v) is 2.86. The first-order valence-corrected chi connectivity index (χ1v) is 8.51. The van der Waals surface area contributed by atoms with Crippen LogP contribution in [0.25, 0.3) is 0 Å². The lowest BCUT2D eigenvalue weighted by atomic mass is 10.1. The van der Waals surface area contributed by atoms with E-state index in [4.69, 9.17) is 4.74 Å². The predicted molar refractivity (Wildman–Crippen MR) is 98.2 cm³/mol. The lowest BCUT2D eigenvalue weighted by Gasteiger charge is -2.16. The second-order valence-corrected chi connectivity index (χ2v) is 6.35. The maximum atomic E-state index is 12.5. The first kappa shape index (κ1) is 17.0. The van der Waals surface area contributed by atoms with Crippen LogP contribution >= 0.6 is 0 Å². The summed E-state index contributed by atoms with van der Waals surface area (Å²) < 4.78 is 5.65. The van der Waals surface area contributed by atoms with Crippen molar-refractivity contribution < 1.29 is 14.3 Å². The number of ether oxygens (including phenoxy) is 1. The van der Waals surface area contributed by atoms with Crippen LogP contribution in [-0.4, -0.2) is 24.5 Å². The van der Waals surface area contributed by atoms with Gasteiger partial charge in [-0.3, -0.25) is 9.59 Å². The fraction of sp³-hybridized carbons (Fsp3) is 0.300. The van der Waals surface area contributed by atoms with Gasteiger partial charge in [0.2, 0.25) is 5.91 Å². The van der Waals surface area contributed by atoms with Crippen LogP contribution in [0, 0.1) is 0 Å². The van der Waals surface area contributed by atoms with E-state index in [1.807, 2.05) is 38.1 Å². The molecule has 5 heteroatoms. The molecule has 2 aromatic carbocycles. The molecule has 0 aromatic heterocycles. The summed E-state index contributed by atoms with van der Waals surface area (Å²) in [7, 11) is 0. The third-order valence-electron chi connectivity index (χ3n) is 3.96. The van der Waals surface area contributed by atoms with Crippen LogP contribution in [0.1, 0.15) is 37.0 Å². The van der Waals surface area contributed by atoms with Crippen molar-refractivity contribution >= 4 is 23.2 Å². The summed E-state index contributed by atoms with van der Waals surface area (Å²) in [6.07, 6.45) is 1.50. The molecule has 1 heterocycles. The van der Waals surface area contributed by atoms with Crippen LogP contribution in [0.2, 0.25) is 0 Å². The van der Waals surface area contributed by atoms with Crippen molar-refractivity contribution in [2.24, 2.45) is 0 Å². The highest BCUT2D eigenvalue weighted by Gasteiger charge is 2.22. The van der Waals surface area contributed by atoms with Crippen molar-refractivity contribution in [3.05, 3.63) is 54.1 Å². The number of nitrogens with zero attached hydrogens (tertiary/aromatic N) is 1. The Hall–Kier alpha value is -2.82. The van der Waals surface area contributed by atoms with Crippen molar-refractivity contribution in [3.63, 3.8) is 0 Å². The quantitative estimate of drug-likeness (QED) is 0.901. The molecule has 1 fully saturated rings. The average molecular weight is 338 g/mol. The summed E-state index contributed by atoms with van der Waals surface area (Å²) in [4.78, 5) is 26.2. The standard InChI is InChI=1S/C20H22N2O3/c1-14(2)25-18-9-4-7-16(13-18)21-20(24)15-6-3-8-17(12-15)22-11-5-10-19(22)23/h3-4,6-9,12-14H,5,10-11H2,1-2H3,(H,21,24). The first-order chi connectivity index (χ1) is 12.0. The summed E-state index contributed by atoms with van der Waals surface area (Å²) in [5.74, 6) is 0.607. The van der Waals surface area contributed by atoms with Crippen molar-refractivity contribution in [2.75, 3.05) is 16.8 Å². The molecule has 2 amide bonds. The number of hydrogen-bond acceptors (Lipinski definition) is 3. The van der Waals surface area contributed by atoms with Gasteiger partial charge in [-0.25, -0.2) is 0 Å². The molecule has 0 radical (unpaired) electrons. The third kappa shape index (κ3) is 4.18. The minimum absolute atomic E-state index is 0.0700. The Morgan fingerprint density at radius 1 is 1.16 bits per heavy atom. The molecular weight excluding hydrogens is 316 g/mol. The molecule has 0 spiro atoms. The molecule has 0 saturated carbocycles. The number of nitrogens with one attached hydrogen (secondary N) is 1. The molecular formula is C20H22N2O3. The van der Waals surface area contributed by atoms with Crippen molar-refractivity contribution in [1.29, 1.82) is 0 Å². The largest absolute Gasteiger partial charge is 0.491 e. The van der Waals surface area contributed by atoms with Gasteiger partial charge in [0.15, 0.2) is 0 Å². The van der Waals surface area contributed by atoms with Gasteiger partial charge < -0.3 is 15.0 Å². The van der Waals surface area contributed by atoms with Crippen LogP contribution in [0.4, 0.5) is 11.4 Å². The van der Waals surface area contributed by atoms with E-state index in [1.165, 1.54) is 0 Å². The van der Waals surface area contributed by atoms with Gasteiger partial charge in [0.1, 0.15) is 5.75 Å². The van der Waals surface area contributed by atoms with Gasteiger partial charge in [-0.2, -0.15) is 0 Å². The van der Waals surface area contributed by atoms with E-state index in [1.54, 1.807) is 29.2 Å². The van der Waals surface area contributed by atoms with Gasteiger partial charge >= 0.3 is 0 Å². The molecule has 130 valence electrons. The molecule has 5 nitrogen and oxygen atoms in total. The molecule has 1 aliphatic rings. The first-order valence-electron chi connectivity index (χ1n) is 8.51. The van der Waals surface area contributed by atoms with E-state index in [9.17, 15) is 9.59 Å². The predicted octanol–water partition coefficient (Wildman–Crippen LogP) is 3.85. The minimum Gasteiger partial charge on any atom is -0.491 e. The number of benzene rings is 2.